The first-order valence-corrected chi connectivity index (χ1v) is 6.01. The first kappa shape index (κ1) is 12.6. The van der Waals surface area contributed by atoms with Crippen molar-refractivity contribution in [1.29, 1.82) is 0 Å². The second-order valence-electron chi connectivity index (χ2n) is 5.53. The highest BCUT2D eigenvalue weighted by atomic mass is 16.1. The predicted octanol–water partition coefficient (Wildman–Crippen LogP) is 3.20. The van der Waals surface area contributed by atoms with E-state index in [0.29, 0.717) is 5.69 Å². The number of aldehydes is 1. The van der Waals surface area contributed by atoms with Gasteiger partial charge in [0.25, 0.3) is 0 Å². The number of benzene rings is 1. The molecule has 0 saturated carbocycles. The normalized spacial score (nSPS) is 11.6. The van der Waals surface area contributed by atoms with Gasteiger partial charge in [0.15, 0.2) is 6.29 Å². The Bertz CT molecular complexity index is 559. The molecule has 1 aromatic carbocycles. The van der Waals surface area contributed by atoms with E-state index in [-0.39, 0.29) is 5.41 Å². The van der Waals surface area contributed by atoms with Crippen LogP contribution in [0, 0.1) is 0 Å². The number of hydrogen-bond donors (Lipinski definition) is 0. The Morgan fingerprint density at radius 1 is 1.17 bits per heavy atom. The van der Waals surface area contributed by atoms with Gasteiger partial charge in [-0.3, -0.25) is 4.79 Å². The van der Waals surface area contributed by atoms with Gasteiger partial charge in [-0.25, -0.2) is 4.98 Å². The molecule has 3 nitrogen and oxygen atoms in total. The maximum absolute atomic E-state index is 11.0. The van der Waals surface area contributed by atoms with Crippen LogP contribution in [0.25, 0.3) is 11.3 Å². The molecular weight excluding hydrogens is 224 g/mol. The fourth-order valence-electron chi connectivity index (χ4n) is 1.93. The number of aryl methyl sites for hydroxylation is 1. The average molecular weight is 242 g/mol. The molecule has 1 aromatic heterocycles. The molecule has 0 amide bonds. The standard InChI is InChI=1S/C15H18N2O/c1-15(2,3)12-7-5-11(6-8-12)14-13(9-18)17(4)10-16-14/h5-10H,1-4H3. The fourth-order valence-corrected chi connectivity index (χ4v) is 1.93. The lowest BCUT2D eigenvalue weighted by Gasteiger charge is -2.19. The molecule has 0 saturated heterocycles. The summed E-state index contributed by atoms with van der Waals surface area (Å²) in [5, 5.41) is 0. The van der Waals surface area contributed by atoms with Crippen molar-refractivity contribution in [3.8, 4) is 11.3 Å². The highest BCUT2D eigenvalue weighted by molar-refractivity contribution is 5.83. The van der Waals surface area contributed by atoms with Crippen molar-refractivity contribution in [2.45, 2.75) is 26.2 Å². The monoisotopic (exact) mass is 242 g/mol. The quantitative estimate of drug-likeness (QED) is 0.758. The number of carbonyl (C=O) groups is 1. The van der Waals surface area contributed by atoms with Gasteiger partial charge in [-0.15, -0.1) is 0 Å². The van der Waals surface area contributed by atoms with Crippen LogP contribution in [-0.4, -0.2) is 15.8 Å². The smallest absolute Gasteiger partial charge is 0.168 e. The van der Waals surface area contributed by atoms with Crippen molar-refractivity contribution < 1.29 is 4.79 Å². The molecule has 0 N–H and O–H groups in total. The first-order chi connectivity index (χ1) is 8.43. The average Bonchev–Trinajstić information content (AvgIpc) is 2.69. The predicted molar refractivity (Wildman–Crippen MR) is 72.7 cm³/mol. The van der Waals surface area contributed by atoms with Crippen LogP contribution >= 0.6 is 0 Å². The summed E-state index contributed by atoms with van der Waals surface area (Å²) in [7, 11) is 1.82. The molecule has 2 aromatic rings. The summed E-state index contributed by atoms with van der Waals surface area (Å²) in [4.78, 5) is 15.3. The lowest BCUT2D eigenvalue weighted by molar-refractivity contribution is 0.111. The van der Waals surface area contributed by atoms with Crippen LogP contribution < -0.4 is 0 Å². The van der Waals surface area contributed by atoms with E-state index in [1.807, 2.05) is 19.2 Å². The Morgan fingerprint density at radius 3 is 2.28 bits per heavy atom. The molecule has 2 rings (SSSR count). The number of aromatic nitrogens is 2. The van der Waals surface area contributed by atoms with Gasteiger partial charge in [-0.2, -0.15) is 0 Å². The SMILES string of the molecule is Cn1cnc(-c2ccc(C(C)(C)C)cc2)c1C=O. The van der Waals surface area contributed by atoms with Crippen LogP contribution in [0.5, 0.6) is 0 Å². The lowest BCUT2D eigenvalue weighted by Crippen LogP contribution is -2.10. The van der Waals surface area contributed by atoms with E-state index < -0.39 is 0 Å². The largest absolute Gasteiger partial charge is 0.331 e. The van der Waals surface area contributed by atoms with E-state index in [1.54, 1.807) is 10.9 Å². The Kier molecular flexibility index (Phi) is 3.07. The van der Waals surface area contributed by atoms with Crippen molar-refractivity contribution in [3.05, 3.63) is 41.9 Å². The molecule has 94 valence electrons. The van der Waals surface area contributed by atoms with E-state index >= 15 is 0 Å². The van der Waals surface area contributed by atoms with E-state index in [2.05, 4.69) is 37.9 Å². The minimum absolute atomic E-state index is 0.135. The number of imidazole rings is 1. The van der Waals surface area contributed by atoms with Gasteiger partial charge in [0.1, 0.15) is 5.69 Å². The fraction of sp³-hybridized carbons (Fsp3) is 0.333. The minimum atomic E-state index is 0.135. The first-order valence-electron chi connectivity index (χ1n) is 6.01. The zero-order chi connectivity index (χ0) is 13.3. The maximum Gasteiger partial charge on any atom is 0.168 e. The third-order valence-corrected chi connectivity index (χ3v) is 3.12. The summed E-state index contributed by atoms with van der Waals surface area (Å²) in [6, 6.07) is 8.24. The molecule has 0 radical (unpaired) electrons. The van der Waals surface area contributed by atoms with E-state index in [9.17, 15) is 4.79 Å². The van der Waals surface area contributed by atoms with Crippen molar-refractivity contribution >= 4 is 6.29 Å². The lowest BCUT2D eigenvalue weighted by atomic mass is 9.86. The van der Waals surface area contributed by atoms with Crippen LogP contribution in [-0.2, 0) is 12.5 Å². The number of hydrogen-bond acceptors (Lipinski definition) is 2. The topological polar surface area (TPSA) is 34.9 Å². The van der Waals surface area contributed by atoms with Crippen molar-refractivity contribution in [1.82, 2.24) is 9.55 Å². The molecule has 0 aliphatic rings. The van der Waals surface area contributed by atoms with Gasteiger partial charge in [0.05, 0.1) is 12.0 Å². The highest BCUT2D eigenvalue weighted by Crippen LogP contribution is 2.26. The van der Waals surface area contributed by atoms with Crippen LogP contribution in [0.1, 0.15) is 36.8 Å². The molecule has 18 heavy (non-hydrogen) atoms. The molecule has 0 aliphatic heterocycles. The molecule has 0 aliphatic carbocycles. The molecule has 0 unspecified atom stereocenters. The molecule has 0 spiro atoms. The molecule has 0 bridgehead atoms. The summed E-state index contributed by atoms with van der Waals surface area (Å²) in [6.07, 6.45) is 2.51. The Labute approximate surface area is 107 Å². The van der Waals surface area contributed by atoms with Gasteiger partial charge in [-0.1, -0.05) is 45.0 Å². The molecule has 0 fully saturated rings. The van der Waals surface area contributed by atoms with Crippen LogP contribution in [0.3, 0.4) is 0 Å². The van der Waals surface area contributed by atoms with Crippen molar-refractivity contribution in [3.63, 3.8) is 0 Å². The summed E-state index contributed by atoms with van der Waals surface area (Å²) < 4.78 is 1.74. The second kappa shape index (κ2) is 4.41. The van der Waals surface area contributed by atoms with Crippen molar-refractivity contribution in [2.24, 2.45) is 7.05 Å². The summed E-state index contributed by atoms with van der Waals surface area (Å²) in [5.74, 6) is 0. The Morgan fingerprint density at radius 2 is 1.78 bits per heavy atom. The van der Waals surface area contributed by atoms with E-state index in [0.717, 1.165) is 17.5 Å². The molecular formula is C15H18N2O. The van der Waals surface area contributed by atoms with Gasteiger partial charge in [0, 0.05) is 12.6 Å². The van der Waals surface area contributed by atoms with Crippen LogP contribution in [0.4, 0.5) is 0 Å². The van der Waals surface area contributed by atoms with E-state index in [4.69, 9.17) is 0 Å². The number of carbonyl (C=O) groups excluding carboxylic acids is 1. The van der Waals surface area contributed by atoms with Gasteiger partial charge >= 0.3 is 0 Å². The number of nitrogens with zero attached hydrogens (tertiary/aromatic N) is 2. The number of rotatable bonds is 2. The van der Waals surface area contributed by atoms with Crippen LogP contribution in [0.15, 0.2) is 30.6 Å². The van der Waals surface area contributed by atoms with Gasteiger partial charge in [0.2, 0.25) is 0 Å². The van der Waals surface area contributed by atoms with E-state index in [1.165, 1.54) is 5.56 Å². The third-order valence-electron chi connectivity index (χ3n) is 3.12. The summed E-state index contributed by atoms with van der Waals surface area (Å²) in [5.41, 5.74) is 3.74. The highest BCUT2D eigenvalue weighted by Gasteiger charge is 2.15. The molecule has 1 heterocycles. The molecule has 3 heteroatoms. The zero-order valence-electron chi connectivity index (χ0n) is 11.3. The summed E-state index contributed by atoms with van der Waals surface area (Å²) >= 11 is 0. The Hall–Kier alpha value is -1.90. The minimum Gasteiger partial charge on any atom is -0.331 e. The van der Waals surface area contributed by atoms with Crippen molar-refractivity contribution in [2.75, 3.05) is 0 Å². The molecule has 0 atom stereocenters. The second-order valence-corrected chi connectivity index (χ2v) is 5.53. The van der Waals surface area contributed by atoms with Gasteiger partial charge < -0.3 is 4.57 Å². The zero-order valence-corrected chi connectivity index (χ0v) is 11.3. The summed E-state index contributed by atoms with van der Waals surface area (Å²) in [6.45, 7) is 6.54. The Balaban J connectivity index is 2.43. The van der Waals surface area contributed by atoms with Gasteiger partial charge in [-0.05, 0) is 11.0 Å². The maximum atomic E-state index is 11.0. The third kappa shape index (κ3) is 2.21. The van der Waals surface area contributed by atoms with Crippen LogP contribution in [0.2, 0.25) is 0 Å².